The van der Waals surface area contributed by atoms with Crippen molar-refractivity contribution in [2.75, 3.05) is 26.8 Å². The Kier molecular flexibility index (Phi) is 10.2. The van der Waals surface area contributed by atoms with Crippen LogP contribution in [0.1, 0.15) is 31.7 Å². The number of amides is 1. The first-order chi connectivity index (χ1) is 13.1. The summed E-state index contributed by atoms with van der Waals surface area (Å²) in [6.45, 7) is 6.39. The molecule has 148 valence electrons. The van der Waals surface area contributed by atoms with Crippen molar-refractivity contribution in [1.29, 1.82) is 0 Å². The van der Waals surface area contributed by atoms with Crippen molar-refractivity contribution < 1.29 is 14.6 Å². The number of rotatable bonds is 12. The Bertz CT molecular complexity index is 653. The topological polar surface area (TPSA) is 84.6 Å². The molecule has 5 heteroatoms. The van der Waals surface area contributed by atoms with Gasteiger partial charge >= 0.3 is 0 Å². The molecule has 0 aliphatic heterocycles. The first kappa shape index (κ1) is 22.7. The molecule has 1 aromatic rings. The van der Waals surface area contributed by atoms with Crippen molar-refractivity contribution in [2.24, 2.45) is 5.73 Å². The Balaban J connectivity index is 3.08. The standard InChI is InChI=1S/C22H32N2O3/c1-4-10-19(20(27-3)11-5-2)21(26)24-16-22(17-25,14-9-15-23)18-12-7-6-8-13-18/h4,6-8,10-13,25H,1,5,9,14-17,23H2,2-3H3,(H,24,26)/b19-10+,20-11+. The third-order valence-electron chi connectivity index (χ3n) is 4.54. The van der Waals surface area contributed by atoms with Crippen LogP contribution in [0.4, 0.5) is 0 Å². The van der Waals surface area contributed by atoms with E-state index in [1.807, 2.05) is 43.3 Å². The maximum absolute atomic E-state index is 12.8. The SMILES string of the molecule is C=C/C=C(C(=O)NCC(CO)(CCCN)c1ccccc1)\C(=C/CC)OC. The smallest absolute Gasteiger partial charge is 0.255 e. The van der Waals surface area contributed by atoms with Gasteiger partial charge in [0.25, 0.3) is 5.91 Å². The molecule has 0 radical (unpaired) electrons. The molecule has 0 fully saturated rings. The van der Waals surface area contributed by atoms with E-state index in [4.69, 9.17) is 10.5 Å². The van der Waals surface area contributed by atoms with Gasteiger partial charge in [0.2, 0.25) is 0 Å². The Morgan fingerprint density at radius 2 is 2.07 bits per heavy atom. The van der Waals surface area contributed by atoms with E-state index in [0.29, 0.717) is 30.8 Å². The third kappa shape index (κ3) is 6.38. The second-order valence-corrected chi connectivity index (χ2v) is 6.38. The summed E-state index contributed by atoms with van der Waals surface area (Å²) in [6, 6.07) is 9.73. The molecule has 1 rings (SSSR count). The van der Waals surface area contributed by atoms with Crippen molar-refractivity contribution in [2.45, 2.75) is 31.6 Å². The van der Waals surface area contributed by atoms with Gasteiger partial charge in [-0.25, -0.2) is 0 Å². The summed E-state index contributed by atoms with van der Waals surface area (Å²) in [6.07, 6.45) is 7.20. The maximum Gasteiger partial charge on any atom is 0.255 e. The van der Waals surface area contributed by atoms with E-state index in [9.17, 15) is 9.90 Å². The summed E-state index contributed by atoms with van der Waals surface area (Å²) in [5, 5.41) is 13.2. The average molecular weight is 373 g/mol. The first-order valence-corrected chi connectivity index (χ1v) is 9.30. The summed E-state index contributed by atoms with van der Waals surface area (Å²) in [5.74, 6) is 0.240. The predicted octanol–water partition coefficient (Wildman–Crippen LogP) is 2.82. The van der Waals surface area contributed by atoms with Gasteiger partial charge in [-0.05, 0) is 43.5 Å². The van der Waals surface area contributed by atoms with Gasteiger partial charge in [-0.2, -0.15) is 0 Å². The largest absolute Gasteiger partial charge is 0.496 e. The minimum absolute atomic E-state index is 0.0836. The number of nitrogens with two attached hydrogens (primary N) is 1. The molecule has 27 heavy (non-hydrogen) atoms. The average Bonchev–Trinajstić information content (AvgIpc) is 2.71. The molecular weight excluding hydrogens is 340 g/mol. The normalized spacial score (nSPS) is 14.4. The second-order valence-electron chi connectivity index (χ2n) is 6.38. The summed E-state index contributed by atoms with van der Waals surface area (Å²) >= 11 is 0. The molecule has 0 saturated heterocycles. The fourth-order valence-corrected chi connectivity index (χ4v) is 3.01. The zero-order valence-electron chi connectivity index (χ0n) is 16.4. The molecule has 0 aliphatic rings. The number of benzene rings is 1. The number of nitrogens with one attached hydrogen (secondary N) is 1. The number of ether oxygens (including phenoxy) is 1. The van der Waals surface area contributed by atoms with Crippen molar-refractivity contribution >= 4 is 5.91 Å². The Labute approximate surface area is 162 Å². The molecule has 4 N–H and O–H groups in total. The van der Waals surface area contributed by atoms with Crippen LogP contribution in [0.15, 0.2) is 66.5 Å². The third-order valence-corrected chi connectivity index (χ3v) is 4.54. The highest BCUT2D eigenvalue weighted by Gasteiger charge is 2.32. The van der Waals surface area contributed by atoms with E-state index in [1.165, 1.54) is 7.11 Å². The van der Waals surface area contributed by atoms with Gasteiger partial charge in [-0.1, -0.05) is 49.9 Å². The zero-order chi connectivity index (χ0) is 20.1. The summed E-state index contributed by atoms with van der Waals surface area (Å²) in [7, 11) is 1.54. The number of aliphatic hydroxyl groups is 1. The summed E-state index contributed by atoms with van der Waals surface area (Å²) in [5.41, 5.74) is 6.49. The molecule has 0 aromatic heterocycles. The fraction of sp³-hybridized carbons (Fsp3) is 0.409. The van der Waals surface area contributed by atoms with Crippen molar-refractivity contribution in [3.8, 4) is 0 Å². The Hall–Kier alpha value is -2.37. The quantitative estimate of drug-likeness (QED) is 0.299. The molecule has 1 atom stereocenters. The monoisotopic (exact) mass is 372 g/mol. The van der Waals surface area contributed by atoms with Crippen LogP contribution in [0, 0.1) is 0 Å². The number of hydrogen-bond acceptors (Lipinski definition) is 4. The van der Waals surface area contributed by atoms with E-state index in [-0.39, 0.29) is 12.5 Å². The van der Waals surface area contributed by atoms with Crippen LogP contribution in [0.2, 0.25) is 0 Å². The van der Waals surface area contributed by atoms with Gasteiger partial charge in [0.1, 0.15) is 5.76 Å². The van der Waals surface area contributed by atoms with Crippen LogP contribution in [0.25, 0.3) is 0 Å². The highest BCUT2D eigenvalue weighted by Crippen LogP contribution is 2.28. The van der Waals surface area contributed by atoms with Gasteiger partial charge in [0, 0.05) is 12.0 Å². The van der Waals surface area contributed by atoms with Gasteiger partial charge in [-0.3, -0.25) is 4.79 Å². The molecular formula is C22H32N2O3. The molecule has 0 spiro atoms. The summed E-state index contributed by atoms with van der Waals surface area (Å²) < 4.78 is 5.35. The minimum atomic E-state index is -0.586. The molecule has 0 aliphatic carbocycles. The van der Waals surface area contributed by atoms with Crippen molar-refractivity contribution in [1.82, 2.24) is 5.32 Å². The lowest BCUT2D eigenvalue weighted by molar-refractivity contribution is -0.117. The van der Waals surface area contributed by atoms with Gasteiger partial charge in [0.05, 0.1) is 19.3 Å². The lowest BCUT2D eigenvalue weighted by Gasteiger charge is -2.33. The summed E-state index contributed by atoms with van der Waals surface area (Å²) in [4.78, 5) is 12.8. The molecule has 1 amide bonds. The van der Waals surface area contributed by atoms with Gasteiger partial charge in [-0.15, -0.1) is 0 Å². The number of allylic oxidation sites excluding steroid dienone is 3. The van der Waals surface area contributed by atoms with E-state index in [1.54, 1.807) is 12.2 Å². The van der Waals surface area contributed by atoms with Gasteiger partial charge in [0.15, 0.2) is 0 Å². The lowest BCUT2D eigenvalue weighted by atomic mass is 9.77. The minimum Gasteiger partial charge on any atom is -0.496 e. The number of methoxy groups -OCH3 is 1. The molecule has 1 unspecified atom stereocenters. The molecule has 5 nitrogen and oxygen atoms in total. The van der Waals surface area contributed by atoms with Crippen LogP contribution in [-0.4, -0.2) is 37.8 Å². The van der Waals surface area contributed by atoms with E-state index >= 15 is 0 Å². The Morgan fingerprint density at radius 3 is 2.59 bits per heavy atom. The molecule has 0 bridgehead atoms. The van der Waals surface area contributed by atoms with Crippen LogP contribution in [0.3, 0.4) is 0 Å². The number of carbonyl (C=O) groups excluding carboxylic acids is 1. The molecule has 0 heterocycles. The lowest BCUT2D eigenvalue weighted by Crippen LogP contribution is -2.44. The molecule has 1 aromatic carbocycles. The first-order valence-electron chi connectivity index (χ1n) is 9.30. The van der Waals surface area contributed by atoms with Crippen LogP contribution < -0.4 is 11.1 Å². The second kappa shape index (κ2) is 12.1. The number of aliphatic hydroxyl groups excluding tert-OH is 1. The maximum atomic E-state index is 12.8. The number of hydrogen-bond donors (Lipinski definition) is 3. The molecule has 0 saturated carbocycles. The van der Waals surface area contributed by atoms with Crippen molar-refractivity contribution in [3.05, 3.63) is 72.0 Å². The van der Waals surface area contributed by atoms with E-state index in [2.05, 4.69) is 11.9 Å². The zero-order valence-corrected chi connectivity index (χ0v) is 16.4. The van der Waals surface area contributed by atoms with Crippen molar-refractivity contribution in [3.63, 3.8) is 0 Å². The van der Waals surface area contributed by atoms with E-state index < -0.39 is 5.41 Å². The highest BCUT2D eigenvalue weighted by molar-refractivity contribution is 5.97. The van der Waals surface area contributed by atoms with Gasteiger partial charge < -0.3 is 20.9 Å². The van der Waals surface area contributed by atoms with E-state index in [0.717, 1.165) is 18.4 Å². The predicted molar refractivity (Wildman–Crippen MR) is 110 cm³/mol. The Morgan fingerprint density at radius 1 is 1.37 bits per heavy atom. The highest BCUT2D eigenvalue weighted by atomic mass is 16.5. The number of carbonyl (C=O) groups is 1. The van der Waals surface area contributed by atoms with Crippen LogP contribution in [0.5, 0.6) is 0 Å². The van der Waals surface area contributed by atoms with Crippen LogP contribution >= 0.6 is 0 Å². The fourth-order valence-electron chi connectivity index (χ4n) is 3.01. The van der Waals surface area contributed by atoms with Crippen LogP contribution in [-0.2, 0) is 14.9 Å².